The predicted octanol–water partition coefficient (Wildman–Crippen LogP) is 0.291. The fraction of sp³-hybridized carbons (Fsp3) is 0.917. The molecule has 2 fully saturated rings. The summed E-state index contributed by atoms with van der Waals surface area (Å²) >= 11 is 0. The summed E-state index contributed by atoms with van der Waals surface area (Å²) in [6.07, 6.45) is 2.14. The minimum Gasteiger partial charge on any atom is -0.338 e. The van der Waals surface area contributed by atoms with Gasteiger partial charge in [-0.25, -0.2) is 0 Å². The largest absolute Gasteiger partial charge is 0.338 e. The van der Waals surface area contributed by atoms with Crippen LogP contribution in [0.25, 0.3) is 0 Å². The molecule has 4 heteroatoms. The molecule has 16 heavy (non-hydrogen) atoms. The van der Waals surface area contributed by atoms with Crippen LogP contribution in [0.1, 0.15) is 26.7 Å². The lowest BCUT2D eigenvalue weighted by molar-refractivity contribution is -0.137. The van der Waals surface area contributed by atoms with Crippen molar-refractivity contribution in [2.75, 3.05) is 33.2 Å². The second kappa shape index (κ2) is 4.34. The first-order valence-electron chi connectivity index (χ1n) is 6.24. The van der Waals surface area contributed by atoms with E-state index >= 15 is 0 Å². The molecule has 0 spiro atoms. The molecule has 2 heterocycles. The highest BCUT2D eigenvalue weighted by atomic mass is 16.2. The van der Waals surface area contributed by atoms with E-state index in [0.717, 1.165) is 39.0 Å². The maximum atomic E-state index is 12.2. The number of hydrogen-bond acceptors (Lipinski definition) is 3. The van der Waals surface area contributed by atoms with Gasteiger partial charge in [-0.3, -0.25) is 9.69 Å². The molecule has 92 valence electrons. The summed E-state index contributed by atoms with van der Waals surface area (Å²) in [4.78, 5) is 16.6. The van der Waals surface area contributed by atoms with Crippen molar-refractivity contribution in [1.29, 1.82) is 0 Å². The summed E-state index contributed by atoms with van der Waals surface area (Å²) in [5, 5.41) is 3.29. The molecule has 0 aromatic rings. The van der Waals surface area contributed by atoms with E-state index in [0.29, 0.717) is 5.91 Å². The van der Waals surface area contributed by atoms with Crippen LogP contribution >= 0.6 is 0 Å². The Labute approximate surface area is 98.0 Å². The number of nitrogens with zero attached hydrogens (tertiary/aromatic N) is 2. The van der Waals surface area contributed by atoms with Crippen LogP contribution in [0, 0.1) is 0 Å². The van der Waals surface area contributed by atoms with Crippen molar-refractivity contribution in [3.05, 3.63) is 0 Å². The van der Waals surface area contributed by atoms with Crippen LogP contribution in [0.3, 0.4) is 0 Å². The summed E-state index contributed by atoms with van der Waals surface area (Å²) in [5.41, 5.74) is 0.104. The maximum absolute atomic E-state index is 12.2. The molecule has 0 saturated carbocycles. The predicted molar refractivity (Wildman–Crippen MR) is 64.3 cm³/mol. The van der Waals surface area contributed by atoms with Crippen molar-refractivity contribution < 1.29 is 4.79 Å². The average molecular weight is 225 g/mol. The number of nitrogens with one attached hydrogen (secondary N) is 1. The second-order valence-corrected chi connectivity index (χ2v) is 5.64. The molecule has 1 amide bonds. The van der Waals surface area contributed by atoms with E-state index in [2.05, 4.69) is 31.1 Å². The van der Waals surface area contributed by atoms with E-state index < -0.39 is 0 Å². The first kappa shape index (κ1) is 11.9. The Kier molecular flexibility index (Phi) is 3.22. The molecule has 1 atom stereocenters. The van der Waals surface area contributed by atoms with Gasteiger partial charge in [-0.1, -0.05) is 0 Å². The van der Waals surface area contributed by atoms with Gasteiger partial charge in [0.25, 0.3) is 0 Å². The Morgan fingerprint density at radius 2 is 2.12 bits per heavy atom. The van der Waals surface area contributed by atoms with Gasteiger partial charge in [0.1, 0.15) is 0 Å². The van der Waals surface area contributed by atoms with Gasteiger partial charge in [-0.15, -0.1) is 0 Å². The van der Waals surface area contributed by atoms with Gasteiger partial charge < -0.3 is 10.2 Å². The van der Waals surface area contributed by atoms with E-state index in [1.165, 1.54) is 0 Å². The molecule has 2 rings (SSSR count). The molecule has 2 aliphatic rings. The summed E-state index contributed by atoms with van der Waals surface area (Å²) in [7, 11) is 2.13. The summed E-state index contributed by atoms with van der Waals surface area (Å²) in [6.45, 7) is 8.10. The fourth-order valence-electron chi connectivity index (χ4n) is 2.54. The third-order valence-corrected chi connectivity index (χ3v) is 3.99. The van der Waals surface area contributed by atoms with Crippen molar-refractivity contribution >= 4 is 5.91 Å². The van der Waals surface area contributed by atoms with Crippen LogP contribution < -0.4 is 5.32 Å². The summed E-state index contributed by atoms with van der Waals surface area (Å²) in [6, 6.07) is 0.0826. The van der Waals surface area contributed by atoms with Crippen molar-refractivity contribution in [2.24, 2.45) is 0 Å². The monoisotopic (exact) mass is 225 g/mol. The third-order valence-electron chi connectivity index (χ3n) is 3.99. The number of hydrogen-bond donors (Lipinski definition) is 1. The molecular weight excluding hydrogens is 202 g/mol. The van der Waals surface area contributed by atoms with Crippen LogP contribution in [0.4, 0.5) is 0 Å². The van der Waals surface area contributed by atoms with E-state index in [1.54, 1.807) is 0 Å². The quantitative estimate of drug-likeness (QED) is 0.697. The smallest absolute Gasteiger partial charge is 0.239 e. The van der Waals surface area contributed by atoms with Crippen LogP contribution in [0.15, 0.2) is 0 Å². The van der Waals surface area contributed by atoms with Crippen molar-refractivity contribution in [2.45, 2.75) is 38.3 Å². The van der Waals surface area contributed by atoms with Gasteiger partial charge in [0, 0.05) is 25.2 Å². The van der Waals surface area contributed by atoms with Crippen molar-refractivity contribution in [1.82, 2.24) is 15.1 Å². The molecule has 0 radical (unpaired) electrons. The number of piperazine rings is 1. The first-order chi connectivity index (χ1) is 7.50. The molecule has 0 aliphatic carbocycles. The van der Waals surface area contributed by atoms with Gasteiger partial charge in [0.05, 0.1) is 6.04 Å². The Balaban J connectivity index is 1.97. The van der Waals surface area contributed by atoms with Gasteiger partial charge in [0.15, 0.2) is 0 Å². The lowest BCUT2D eigenvalue weighted by atomic mass is 9.99. The number of carbonyl (C=O) groups is 1. The Morgan fingerprint density at radius 1 is 1.38 bits per heavy atom. The molecule has 1 unspecified atom stereocenters. The zero-order valence-electron chi connectivity index (χ0n) is 10.6. The fourth-order valence-corrected chi connectivity index (χ4v) is 2.54. The van der Waals surface area contributed by atoms with Crippen LogP contribution in [-0.4, -0.2) is 60.5 Å². The van der Waals surface area contributed by atoms with E-state index in [-0.39, 0.29) is 11.6 Å². The van der Waals surface area contributed by atoms with E-state index in [1.807, 2.05) is 4.90 Å². The SMILES string of the molecule is CN1CCN(C(=O)C2CCCN2)CC1(C)C. The minimum atomic E-state index is 0.0826. The van der Waals surface area contributed by atoms with Crippen LogP contribution in [0.5, 0.6) is 0 Å². The number of amides is 1. The molecular formula is C12H23N3O. The number of likely N-dealkylation sites (N-methyl/N-ethyl adjacent to an activating group) is 1. The zero-order valence-corrected chi connectivity index (χ0v) is 10.6. The molecule has 0 bridgehead atoms. The molecule has 1 N–H and O–H groups in total. The van der Waals surface area contributed by atoms with Crippen molar-refractivity contribution in [3.8, 4) is 0 Å². The average Bonchev–Trinajstić information content (AvgIpc) is 2.74. The normalized spacial score (nSPS) is 30.7. The van der Waals surface area contributed by atoms with Crippen molar-refractivity contribution in [3.63, 3.8) is 0 Å². The molecule has 0 aromatic heterocycles. The van der Waals surface area contributed by atoms with E-state index in [9.17, 15) is 4.79 Å². The standard InChI is InChI=1S/C12H23N3O/c1-12(2)9-15(8-7-14(12)3)11(16)10-5-4-6-13-10/h10,13H,4-9H2,1-3H3. The molecule has 2 aliphatic heterocycles. The second-order valence-electron chi connectivity index (χ2n) is 5.64. The third kappa shape index (κ3) is 2.23. The molecule has 0 aromatic carbocycles. The summed E-state index contributed by atoms with van der Waals surface area (Å²) < 4.78 is 0. The first-order valence-corrected chi connectivity index (χ1v) is 6.24. The summed E-state index contributed by atoms with van der Waals surface area (Å²) in [5.74, 6) is 0.304. The van der Waals surface area contributed by atoms with Gasteiger partial charge in [-0.05, 0) is 40.3 Å². The van der Waals surface area contributed by atoms with Gasteiger partial charge >= 0.3 is 0 Å². The zero-order chi connectivity index (χ0) is 11.8. The lowest BCUT2D eigenvalue weighted by Gasteiger charge is -2.45. The highest BCUT2D eigenvalue weighted by molar-refractivity contribution is 5.82. The number of rotatable bonds is 1. The lowest BCUT2D eigenvalue weighted by Crippen LogP contribution is -2.60. The molecule has 4 nitrogen and oxygen atoms in total. The van der Waals surface area contributed by atoms with Crippen LogP contribution in [0.2, 0.25) is 0 Å². The Hall–Kier alpha value is -0.610. The minimum absolute atomic E-state index is 0.0826. The topological polar surface area (TPSA) is 35.6 Å². The van der Waals surface area contributed by atoms with Gasteiger partial charge in [-0.2, -0.15) is 0 Å². The van der Waals surface area contributed by atoms with E-state index in [4.69, 9.17) is 0 Å². The number of carbonyl (C=O) groups excluding carboxylic acids is 1. The Bertz CT molecular complexity index is 271. The van der Waals surface area contributed by atoms with Crippen LogP contribution in [-0.2, 0) is 4.79 Å². The van der Waals surface area contributed by atoms with Gasteiger partial charge in [0.2, 0.25) is 5.91 Å². The highest BCUT2D eigenvalue weighted by Gasteiger charge is 2.36. The Morgan fingerprint density at radius 3 is 2.69 bits per heavy atom. The maximum Gasteiger partial charge on any atom is 0.239 e. The highest BCUT2D eigenvalue weighted by Crippen LogP contribution is 2.20. The molecule has 2 saturated heterocycles.